The van der Waals surface area contributed by atoms with E-state index in [1.54, 1.807) is 11.8 Å². The molecule has 7 nitrogen and oxygen atoms in total. The SMILES string of the molecule is COc1ccc(C(CNC(=O)Cn2nnc3ccccc32)N(C)C)cc1. The molecule has 1 N–H and O–H groups in total. The lowest BCUT2D eigenvalue weighted by Crippen LogP contribution is -2.36. The molecule has 1 atom stereocenters. The highest BCUT2D eigenvalue weighted by atomic mass is 16.5. The van der Waals surface area contributed by atoms with Gasteiger partial charge >= 0.3 is 0 Å². The van der Waals surface area contributed by atoms with E-state index in [1.165, 1.54) is 0 Å². The summed E-state index contributed by atoms with van der Waals surface area (Å²) < 4.78 is 6.82. The molecule has 1 amide bonds. The number of nitrogens with zero attached hydrogens (tertiary/aromatic N) is 4. The Bertz CT molecular complexity index is 873. The van der Waals surface area contributed by atoms with Crippen LogP contribution in [-0.4, -0.2) is 53.6 Å². The molecule has 3 rings (SSSR count). The third-order valence-corrected chi connectivity index (χ3v) is 4.33. The predicted molar refractivity (Wildman–Crippen MR) is 100.0 cm³/mol. The van der Waals surface area contributed by atoms with Crippen LogP contribution in [0, 0.1) is 0 Å². The van der Waals surface area contributed by atoms with Gasteiger partial charge in [0.2, 0.25) is 5.91 Å². The third-order valence-electron chi connectivity index (χ3n) is 4.33. The maximum absolute atomic E-state index is 12.4. The molecule has 136 valence electrons. The van der Waals surface area contributed by atoms with Gasteiger partial charge in [-0.2, -0.15) is 0 Å². The zero-order chi connectivity index (χ0) is 18.5. The van der Waals surface area contributed by atoms with Gasteiger partial charge in [0.1, 0.15) is 17.8 Å². The van der Waals surface area contributed by atoms with Gasteiger partial charge in [0, 0.05) is 6.54 Å². The highest BCUT2D eigenvalue weighted by Gasteiger charge is 2.16. The lowest BCUT2D eigenvalue weighted by atomic mass is 10.1. The largest absolute Gasteiger partial charge is 0.497 e. The van der Waals surface area contributed by atoms with Gasteiger partial charge in [-0.05, 0) is 43.9 Å². The molecule has 0 aliphatic carbocycles. The smallest absolute Gasteiger partial charge is 0.241 e. The lowest BCUT2D eigenvalue weighted by Gasteiger charge is -2.25. The molecular formula is C19H23N5O2. The number of fused-ring (bicyclic) bond motifs is 1. The number of likely N-dealkylation sites (N-methyl/N-ethyl adjacent to an activating group) is 1. The zero-order valence-corrected chi connectivity index (χ0v) is 15.2. The topological polar surface area (TPSA) is 72.3 Å². The fourth-order valence-corrected chi connectivity index (χ4v) is 2.86. The Morgan fingerprint density at radius 1 is 1.19 bits per heavy atom. The fraction of sp³-hybridized carbons (Fsp3) is 0.316. The Hall–Kier alpha value is -2.93. The summed E-state index contributed by atoms with van der Waals surface area (Å²) in [6.45, 7) is 0.647. The van der Waals surface area contributed by atoms with Crippen molar-refractivity contribution in [3.8, 4) is 5.75 Å². The second-order valence-corrected chi connectivity index (χ2v) is 6.29. The van der Waals surface area contributed by atoms with Crippen LogP contribution >= 0.6 is 0 Å². The number of methoxy groups -OCH3 is 1. The summed E-state index contributed by atoms with van der Waals surface area (Å²) in [6.07, 6.45) is 0. The van der Waals surface area contributed by atoms with E-state index in [0.29, 0.717) is 6.54 Å². The molecule has 0 fully saturated rings. The number of para-hydroxylation sites is 1. The molecule has 0 bridgehead atoms. The summed E-state index contributed by atoms with van der Waals surface area (Å²) in [4.78, 5) is 14.5. The van der Waals surface area contributed by atoms with Crippen LogP contribution in [0.1, 0.15) is 11.6 Å². The van der Waals surface area contributed by atoms with Crippen molar-refractivity contribution in [2.24, 2.45) is 0 Å². The lowest BCUT2D eigenvalue weighted by molar-refractivity contribution is -0.122. The summed E-state index contributed by atoms with van der Waals surface area (Å²) in [6, 6.07) is 15.5. The average Bonchev–Trinajstić information content (AvgIpc) is 3.05. The first kappa shape index (κ1) is 17.9. The van der Waals surface area contributed by atoms with E-state index in [1.807, 2.05) is 62.6 Å². The molecule has 0 saturated carbocycles. The van der Waals surface area contributed by atoms with Crippen LogP contribution in [0.25, 0.3) is 11.0 Å². The first-order valence-electron chi connectivity index (χ1n) is 8.44. The van der Waals surface area contributed by atoms with Crippen LogP contribution in [0.15, 0.2) is 48.5 Å². The number of hydrogen-bond donors (Lipinski definition) is 1. The molecule has 0 aliphatic heterocycles. The van der Waals surface area contributed by atoms with Gasteiger partial charge in [0.15, 0.2) is 0 Å². The second kappa shape index (κ2) is 7.97. The van der Waals surface area contributed by atoms with Crippen LogP contribution in [0.4, 0.5) is 0 Å². The van der Waals surface area contributed by atoms with Crippen LogP contribution in [0.2, 0.25) is 0 Å². The Labute approximate surface area is 152 Å². The van der Waals surface area contributed by atoms with Crippen LogP contribution < -0.4 is 10.1 Å². The monoisotopic (exact) mass is 353 g/mol. The van der Waals surface area contributed by atoms with Gasteiger partial charge in [-0.25, -0.2) is 4.68 Å². The number of amides is 1. The Morgan fingerprint density at radius 2 is 1.92 bits per heavy atom. The van der Waals surface area contributed by atoms with Crippen molar-refractivity contribution >= 4 is 16.9 Å². The molecular weight excluding hydrogens is 330 g/mol. The van der Waals surface area contributed by atoms with Crippen LogP contribution in [0.3, 0.4) is 0 Å². The molecule has 0 radical (unpaired) electrons. The zero-order valence-electron chi connectivity index (χ0n) is 15.2. The Morgan fingerprint density at radius 3 is 2.62 bits per heavy atom. The van der Waals surface area contributed by atoms with Gasteiger partial charge in [-0.1, -0.05) is 29.5 Å². The molecule has 2 aromatic carbocycles. The van der Waals surface area contributed by atoms with Gasteiger partial charge in [0.25, 0.3) is 0 Å². The molecule has 1 heterocycles. The van der Waals surface area contributed by atoms with E-state index >= 15 is 0 Å². The third kappa shape index (κ3) is 4.00. The van der Waals surface area contributed by atoms with Gasteiger partial charge in [-0.15, -0.1) is 5.10 Å². The number of hydrogen-bond acceptors (Lipinski definition) is 5. The van der Waals surface area contributed by atoms with Crippen molar-refractivity contribution in [3.63, 3.8) is 0 Å². The van der Waals surface area contributed by atoms with E-state index in [4.69, 9.17) is 4.74 Å². The minimum Gasteiger partial charge on any atom is -0.497 e. The molecule has 0 aliphatic rings. The summed E-state index contributed by atoms with van der Waals surface area (Å²) in [5, 5.41) is 11.1. The molecule has 3 aromatic rings. The molecule has 7 heteroatoms. The van der Waals surface area contributed by atoms with E-state index in [2.05, 4.69) is 20.5 Å². The molecule has 0 spiro atoms. The molecule has 1 aromatic heterocycles. The van der Waals surface area contributed by atoms with E-state index in [9.17, 15) is 4.79 Å². The number of carbonyl (C=O) groups is 1. The number of ether oxygens (including phenoxy) is 1. The van der Waals surface area contributed by atoms with Gasteiger partial charge < -0.3 is 15.0 Å². The predicted octanol–water partition coefficient (Wildman–Crippen LogP) is 1.86. The molecule has 26 heavy (non-hydrogen) atoms. The van der Waals surface area contributed by atoms with E-state index < -0.39 is 0 Å². The van der Waals surface area contributed by atoms with Crippen molar-refractivity contribution in [1.29, 1.82) is 0 Å². The van der Waals surface area contributed by atoms with Crippen LogP contribution in [0.5, 0.6) is 5.75 Å². The Kier molecular flexibility index (Phi) is 5.48. The summed E-state index contributed by atoms with van der Waals surface area (Å²) >= 11 is 0. The van der Waals surface area contributed by atoms with Crippen molar-refractivity contribution in [1.82, 2.24) is 25.2 Å². The fourth-order valence-electron chi connectivity index (χ4n) is 2.86. The molecule has 1 unspecified atom stereocenters. The van der Waals surface area contributed by atoms with Crippen molar-refractivity contribution in [2.75, 3.05) is 27.7 Å². The number of benzene rings is 2. The second-order valence-electron chi connectivity index (χ2n) is 6.29. The standard InChI is InChI=1S/C19H23N5O2/c1-23(2)18(14-8-10-15(26-3)11-9-14)12-20-19(25)13-24-17-7-5-4-6-16(17)21-22-24/h4-11,18H,12-13H2,1-3H3,(H,20,25). The quantitative estimate of drug-likeness (QED) is 0.702. The molecule has 0 saturated heterocycles. The van der Waals surface area contributed by atoms with Gasteiger partial charge in [0.05, 0.1) is 18.7 Å². The van der Waals surface area contributed by atoms with Crippen molar-refractivity contribution in [3.05, 3.63) is 54.1 Å². The highest BCUT2D eigenvalue weighted by Crippen LogP contribution is 2.20. The Balaban J connectivity index is 1.64. The number of nitrogens with one attached hydrogen (secondary N) is 1. The normalized spacial score (nSPS) is 12.3. The van der Waals surface area contributed by atoms with Gasteiger partial charge in [-0.3, -0.25) is 4.79 Å². The van der Waals surface area contributed by atoms with Crippen LogP contribution in [-0.2, 0) is 11.3 Å². The average molecular weight is 353 g/mol. The first-order chi connectivity index (χ1) is 12.6. The summed E-state index contributed by atoms with van der Waals surface area (Å²) in [7, 11) is 5.63. The number of carbonyl (C=O) groups excluding carboxylic acids is 1. The summed E-state index contributed by atoms with van der Waals surface area (Å²) in [5.41, 5.74) is 2.74. The minimum absolute atomic E-state index is 0.0670. The van der Waals surface area contributed by atoms with Crippen molar-refractivity contribution < 1.29 is 9.53 Å². The maximum atomic E-state index is 12.4. The highest BCUT2D eigenvalue weighted by molar-refractivity contribution is 5.79. The summed E-state index contributed by atoms with van der Waals surface area (Å²) in [5.74, 6) is 0.717. The van der Waals surface area contributed by atoms with E-state index in [-0.39, 0.29) is 18.5 Å². The number of rotatable bonds is 7. The maximum Gasteiger partial charge on any atom is 0.241 e. The first-order valence-corrected chi connectivity index (χ1v) is 8.44. The number of aromatic nitrogens is 3. The minimum atomic E-state index is -0.0963. The van der Waals surface area contributed by atoms with Crippen molar-refractivity contribution in [2.45, 2.75) is 12.6 Å². The van der Waals surface area contributed by atoms with E-state index in [0.717, 1.165) is 22.3 Å².